The summed E-state index contributed by atoms with van der Waals surface area (Å²) >= 11 is 0. The van der Waals surface area contributed by atoms with E-state index in [4.69, 9.17) is 18.9 Å². The van der Waals surface area contributed by atoms with Crippen LogP contribution in [0.2, 0.25) is 51.4 Å². The van der Waals surface area contributed by atoms with Crippen molar-refractivity contribution in [1.82, 2.24) is 10.6 Å². The van der Waals surface area contributed by atoms with Crippen molar-refractivity contribution in [2.45, 2.75) is 174 Å². The molecule has 0 aliphatic rings. The van der Waals surface area contributed by atoms with E-state index < -0.39 is 62.4 Å². The van der Waals surface area contributed by atoms with Crippen LogP contribution in [0.5, 0.6) is 0 Å². The standard InChI is InChI=1S/C23H37NO6Si.C23H39NO4Si/c1-22(2,3)30-21(28)24-18(19(25)26)15-16-9-11-17(12-10-16)23(4,5)20(27)29-13-14-31(6,7)8;1-17(24-21(26)28-22(2,3)4)16-18-10-12-19(13-11-18)23(5,6)20(25)27-14-15-29(7,8)9/h9-12,18H,13-15H2,1-8H3,(H,24,28)(H,25,26);10-13,17H,14-16H2,1-9H3,(H,24,26)/t18-;17-/m01/s1. The van der Waals surface area contributed by atoms with Crippen LogP contribution in [-0.4, -0.2) is 87.8 Å². The molecule has 0 saturated carbocycles. The number of aliphatic carboxylic acids is 1. The molecule has 0 spiro atoms. The first-order valence-electron chi connectivity index (χ1n) is 20.9. The van der Waals surface area contributed by atoms with Crippen LogP contribution in [0, 0.1) is 0 Å². The predicted molar refractivity (Wildman–Crippen MR) is 244 cm³/mol. The third kappa shape index (κ3) is 21.4. The Hall–Kier alpha value is -4.18. The Labute approximate surface area is 362 Å². The van der Waals surface area contributed by atoms with Gasteiger partial charge in [0.2, 0.25) is 0 Å². The minimum Gasteiger partial charge on any atom is -0.480 e. The van der Waals surface area contributed by atoms with Gasteiger partial charge in [0.25, 0.3) is 0 Å². The molecule has 0 fully saturated rings. The number of ether oxygens (including phenoxy) is 4. The number of carbonyl (C=O) groups is 5. The van der Waals surface area contributed by atoms with Gasteiger partial charge in [0.05, 0.1) is 24.0 Å². The number of alkyl carbamates (subject to hydrolysis) is 2. The molecule has 0 aromatic heterocycles. The Kier molecular flexibility index (Phi) is 19.8. The maximum Gasteiger partial charge on any atom is 0.408 e. The first-order chi connectivity index (χ1) is 27.1. The van der Waals surface area contributed by atoms with Crippen molar-refractivity contribution in [3.63, 3.8) is 0 Å². The van der Waals surface area contributed by atoms with Gasteiger partial charge in [0.1, 0.15) is 17.2 Å². The van der Waals surface area contributed by atoms with Crippen molar-refractivity contribution >= 4 is 46.2 Å². The Morgan fingerprint density at radius 2 is 0.900 bits per heavy atom. The average molecular weight is 873 g/mol. The van der Waals surface area contributed by atoms with Gasteiger partial charge in [0.15, 0.2) is 0 Å². The summed E-state index contributed by atoms with van der Waals surface area (Å²) in [4.78, 5) is 60.5. The molecule has 2 amide bonds. The lowest BCUT2D eigenvalue weighted by Crippen LogP contribution is -2.44. The van der Waals surface area contributed by atoms with Gasteiger partial charge >= 0.3 is 30.1 Å². The van der Waals surface area contributed by atoms with E-state index in [0.29, 0.717) is 19.6 Å². The lowest BCUT2D eigenvalue weighted by molar-refractivity contribution is -0.149. The molecule has 60 heavy (non-hydrogen) atoms. The van der Waals surface area contributed by atoms with Crippen molar-refractivity contribution in [2.75, 3.05) is 13.2 Å². The maximum absolute atomic E-state index is 12.6. The van der Waals surface area contributed by atoms with Crippen LogP contribution >= 0.6 is 0 Å². The lowest BCUT2D eigenvalue weighted by Gasteiger charge is -2.25. The van der Waals surface area contributed by atoms with Crippen molar-refractivity contribution in [3.05, 3.63) is 70.8 Å². The van der Waals surface area contributed by atoms with E-state index in [1.165, 1.54) is 0 Å². The summed E-state index contributed by atoms with van der Waals surface area (Å²) in [5.74, 6) is -1.63. The molecule has 0 radical (unpaired) electrons. The quantitative estimate of drug-likeness (QED) is 0.0791. The van der Waals surface area contributed by atoms with Crippen LogP contribution in [0.25, 0.3) is 0 Å². The number of carbonyl (C=O) groups excluding carboxylic acids is 4. The molecule has 3 N–H and O–H groups in total. The highest BCUT2D eigenvalue weighted by atomic mass is 28.3. The summed E-state index contributed by atoms with van der Waals surface area (Å²) in [5.41, 5.74) is 0.755. The number of esters is 2. The molecule has 338 valence electrons. The molecule has 2 atom stereocenters. The summed E-state index contributed by atoms with van der Waals surface area (Å²) in [6.45, 7) is 34.4. The van der Waals surface area contributed by atoms with Crippen LogP contribution in [0.3, 0.4) is 0 Å². The second-order valence-electron chi connectivity index (χ2n) is 21.0. The monoisotopic (exact) mass is 873 g/mol. The molecule has 0 unspecified atom stereocenters. The Bertz CT molecular complexity index is 1710. The molecule has 14 heteroatoms. The molecular formula is C46H76N2O10Si2. The molecule has 2 aromatic carbocycles. The zero-order chi connectivity index (χ0) is 46.5. The predicted octanol–water partition coefficient (Wildman–Crippen LogP) is 9.67. The van der Waals surface area contributed by atoms with Gasteiger partial charge < -0.3 is 34.7 Å². The zero-order valence-electron chi connectivity index (χ0n) is 39.6. The third-order valence-corrected chi connectivity index (χ3v) is 12.7. The summed E-state index contributed by atoms with van der Waals surface area (Å²) in [7, 11) is -2.51. The fraction of sp³-hybridized carbons (Fsp3) is 0.630. The lowest BCUT2D eigenvalue weighted by atomic mass is 9.84. The second-order valence-corrected chi connectivity index (χ2v) is 32.3. The zero-order valence-corrected chi connectivity index (χ0v) is 41.6. The highest BCUT2D eigenvalue weighted by Crippen LogP contribution is 2.27. The molecular weight excluding hydrogens is 797 g/mol. The molecule has 0 bridgehead atoms. The minimum absolute atomic E-state index is 0.0600. The van der Waals surface area contributed by atoms with Crippen LogP contribution in [0.15, 0.2) is 48.5 Å². The minimum atomic E-state index is -1.28. The molecule has 0 aliphatic heterocycles. The van der Waals surface area contributed by atoms with E-state index in [0.717, 1.165) is 34.3 Å². The fourth-order valence-corrected chi connectivity index (χ4v) is 6.84. The van der Waals surface area contributed by atoms with Gasteiger partial charge in [-0.1, -0.05) is 87.8 Å². The van der Waals surface area contributed by atoms with Crippen LogP contribution < -0.4 is 10.6 Å². The summed E-state index contributed by atoms with van der Waals surface area (Å²) in [5, 5.41) is 14.7. The van der Waals surface area contributed by atoms with E-state index in [1.807, 2.05) is 79.7 Å². The van der Waals surface area contributed by atoms with E-state index in [9.17, 15) is 29.1 Å². The number of rotatable bonds is 17. The number of benzene rings is 2. The Morgan fingerprint density at radius 1 is 0.567 bits per heavy atom. The first kappa shape index (κ1) is 53.8. The number of carboxylic acid groups (broad SMARTS) is 1. The van der Waals surface area contributed by atoms with E-state index >= 15 is 0 Å². The molecule has 12 nitrogen and oxygen atoms in total. The number of nitrogens with one attached hydrogen (secondary N) is 2. The number of hydrogen-bond donors (Lipinski definition) is 3. The highest BCUT2D eigenvalue weighted by molar-refractivity contribution is 6.76. The molecule has 0 saturated heterocycles. The Balaban J connectivity index is 0.000000601. The van der Waals surface area contributed by atoms with E-state index in [2.05, 4.69) is 49.9 Å². The fourth-order valence-electron chi connectivity index (χ4n) is 5.41. The molecule has 0 aliphatic carbocycles. The van der Waals surface area contributed by atoms with Crippen molar-refractivity contribution in [2.24, 2.45) is 0 Å². The summed E-state index contributed by atoms with van der Waals surface area (Å²) < 4.78 is 21.5. The smallest absolute Gasteiger partial charge is 0.408 e. The molecule has 2 aromatic rings. The summed E-state index contributed by atoms with van der Waals surface area (Å²) in [6.07, 6.45) is -0.418. The third-order valence-electron chi connectivity index (χ3n) is 9.28. The van der Waals surface area contributed by atoms with Crippen molar-refractivity contribution in [3.8, 4) is 0 Å². The van der Waals surface area contributed by atoms with Gasteiger partial charge in [-0.05, 0) is 117 Å². The maximum atomic E-state index is 12.6. The topological polar surface area (TPSA) is 167 Å². The van der Waals surface area contributed by atoms with Gasteiger partial charge in [-0.15, -0.1) is 0 Å². The first-order valence-corrected chi connectivity index (χ1v) is 28.3. The number of carboxylic acids is 1. The van der Waals surface area contributed by atoms with Gasteiger partial charge in [-0.3, -0.25) is 9.59 Å². The number of hydrogen-bond acceptors (Lipinski definition) is 9. The van der Waals surface area contributed by atoms with E-state index in [1.54, 1.807) is 45.0 Å². The SMILES string of the molecule is CC(C)(C)OC(=O)N[C@@H](Cc1ccc(C(C)(C)C(=O)OCC[Si](C)(C)C)cc1)C(=O)O.C[C@H](Cc1ccc(C(C)(C)C(=O)OCC[Si](C)(C)C)cc1)NC(=O)OC(C)(C)C. The van der Waals surface area contributed by atoms with Gasteiger partial charge in [-0.25, -0.2) is 14.4 Å². The normalized spacial score (nSPS) is 13.4. The number of amides is 2. The largest absolute Gasteiger partial charge is 0.480 e. The highest BCUT2D eigenvalue weighted by Gasteiger charge is 2.33. The Morgan fingerprint density at radius 3 is 1.22 bits per heavy atom. The van der Waals surface area contributed by atoms with Crippen LogP contribution in [0.1, 0.15) is 98.4 Å². The average Bonchev–Trinajstić information content (AvgIpc) is 3.05. The second kappa shape index (κ2) is 22.1. The van der Waals surface area contributed by atoms with E-state index in [-0.39, 0.29) is 24.4 Å². The van der Waals surface area contributed by atoms with Crippen molar-refractivity contribution < 1.29 is 48.0 Å². The van der Waals surface area contributed by atoms with Crippen LogP contribution in [-0.2, 0) is 57.0 Å². The summed E-state index contributed by atoms with van der Waals surface area (Å²) in [6, 6.07) is 15.7. The van der Waals surface area contributed by atoms with Gasteiger partial charge in [0, 0.05) is 28.6 Å². The van der Waals surface area contributed by atoms with Crippen molar-refractivity contribution in [1.29, 1.82) is 0 Å². The van der Waals surface area contributed by atoms with Gasteiger partial charge in [-0.2, -0.15) is 0 Å². The van der Waals surface area contributed by atoms with Crippen LogP contribution in [0.4, 0.5) is 9.59 Å². The molecule has 2 rings (SSSR count). The molecule has 0 heterocycles.